The van der Waals surface area contributed by atoms with Gasteiger partial charge >= 0.3 is 5.97 Å². The predicted molar refractivity (Wildman–Crippen MR) is 30.3 cm³/mol. The minimum atomic E-state index is -3.24. The molecule has 1 aliphatic rings. The van der Waals surface area contributed by atoms with E-state index in [-0.39, 0.29) is 0 Å². The summed E-state index contributed by atoms with van der Waals surface area (Å²) in [4.78, 5) is 10.2. The van der Waals surface area contributed by atoms with E-state index in [1.807, 2.05) is 0 Å². The fraction of sp³-hybridized carbons (Fsp3) is 0.833. The summed E-state index contributed by atoms with van der Waals surface area (Å²) >= 11 is 0. The molecule has 12 heavy (non-hydrogen) atoms. The average Bonchev–Trinajstić information content (AvgIpc) is 1.80. The molecule has 1 aliphatic carbocycles. The normalized spacial score (nSPS) is 25.1. The molecule has 0 radical (unpaired) electrons. The average molecular weight is 186 g/mol. The van der Waals surface area contributed by atoms with Crippen LogP contribution in [0, 0.1) is 5.41 Å². The van der Waals surface area contributed by atoms with Crippen molar-refractivity contribution in [3.8, 4) is 0 Å². The van der Waals surface area contributed by atoms with Gasteiger partial charge in [0.2, 0.25) is 0 Å². The van der Waals surface area contributed by atoms with Gasteiger partial charge in [-0.15, -0.1) is 0 Å². The fourth-order valence-electron chi connectivity index (χ4n) is 1.27. The van der Waals surface area contributed by atoms with Gasteiger partial charge in [0, 0.05) is 12.8 Å². The summed E-state index contributed by atoms with van der Waals surface area (Å²) in [5.74, 6) is -5.09. The molecule has 1 fully saturated rings. The lowest BCUT2D eigenvalue weighted by Gasteiger charge is -2.42. The van der Waals surface area contributed by atoms with Crippen molar-refractivity contribution < 1.29 is 27.5 Å². The van der Waals surface area contributed by atoms with Crippen LogP contribution in [0.15, 0.2) is 0 Å². The van der Waals surface area contributed by atoms with Gasteiger partial charge in [0.1, 0.15) is 5.41 Å². The van der Waals surface area contributed by atoms with Crippen molar-refractivity contribution in [1.82, 2.24) is 0 Å². The van der Waals surface area contributed by atoms with Gasteiger partial charge in [-0.25, -0.2) is 17.6 Å². The topological polar surface area (TPSA) is 37.3 Å². The molecule has 1 N–H and O–H groups in total. The number of carboxylic acid groups (broad SMARTS) is 1. The van der Waals surface area contributed by atoms with E-state index >= 15 is 0 Å². The first kappa shape index (κ1) is 9.28. The standard InChI is InChI=1S/C6H6F4O2/c7-3(8)5(4(11)12)1-6(9,10)2-5/h3H,1-2H2,(H,11,12). The van der Waals surface area contributed by atoms with Crippen molar-refractivity contribution in [2.24, 2.45) is 5.41 Å². The van der Waals surface area contributed by atoms with Gasteiger partial charge in [-0.3, -0.25) is 4.79 Å². The summed E-state index contributed by atoms with van der Waals surface area (Å²) in [7, 11) is 0. The highest BCUT2D eigenvalue weighted by Crippen LogP contribution is 2.55. The largest absolute Gasteiger partial charge is 0.481 e. The lowest BCUT2D eigenvalue weighted by Crippen LogP contribution is -2.55. The number of aliphatic carboxylic acids is 1. The van der Waals surface area contributed by atoms with Crippen molar-refractivity contribution in [1.29, 1.82) is 0 Å². The van der Waals surface area contributed by atoms with Crippen molar-refractivity contribution in [3.05, 3.63) is 0 Å². The van der Waals surface area contributed by atoms with Crippen LogP contribution in [0.25, 0.3) is 0 Å². The van der Waals surface area contributed by atoms with Crippen LogP contribution < -0.4 is 0 Å². The Hall–Kier alpha value is -0.810. The minimum Gasteiger partial charge on any atom is -0.481 e. The Bertz CT molecular complexity index is 206. The van der Waals surface area contributed by atoms with E-state index in [2.05, 4.69) is 0 Å². The zero-order valence-corrected chi connectivity index (χ0v) is 5.86. The SMILES string of the molecule is O=C(O)C1(C(F)F)CC(F)(F)C1. The van der Waals surface area contributed by atoms with Gasteiger partial charge in [0.15, 0.2) is 0 Å². The molecule has 0 saturated heterocycles. The second-order valence-corrected chi connectivity index (χ2v) is 2.97. The smallest absolute Gasteiger partial charge is 0.315 e. The molecule has 0 bridgehead atoms. The minimum absolute atomic E-state index is 1.26. The number of alkyl halides is 4. The lowest BCUT2D eigenvalue weighted by molar-refractivity contribution is -0.223. The molecule has 0 aromatic carbocycles. The number of halogens is 4. The molecule has 70 valence electrons. The predicted octanol–water partition coefficient (Wildman–Crippen LogP) is 1.75. The van der Waals surface area contributed by atoms with E-state index in [0.717, 1.165) is 0 Å². The molecule has 1 rings (SSSR count). The van der Waals surface area contributed by atoms with Crippen molar-refractivity contribution in [3.63, 3.8) is 0 Å². The molecule has 0 amide bonds. The summed E-state index contributed by atoms with van der Waals surface area (Å²) in [6, 6.07) is 0. The molecule has 0 heterocycles. The van der Waals surface area contributed by atoms with E-state index < -0.39 is 36.6 Å². The van der Waals surface area contributed by atoms with Crippen LogP contribution >= 0.6 is 0 Å². The summed E-state index contributed by atoms with van der Waals surface area (Å²) in [5.41, 5.74) is -2.51. The molecule has 0 atom stereocenters. The van der Waals surface area contributed by atoms with Crippen molar-refractivity contribution in [2.45, 2.75) is 25.2 Å². The van der Waals surface area contributed by atoms with E-state index in [0.29, 0.717) is 0 Å². The maximum absolute atomic E-state index is 12.2. The quantitative estimate of drug-likeness (QED) is 0.667. The van der Waals surface area contributed by atoms with Gasteiger partial charge in [0.05, 0.1) is 0 Å². The van der Waals surface area contributed by atoms with Gasteiger partial charge < -0.3 is 5.11 Å². The summed E-state index contributed by atoms with van der Waals surface area (Å²) in [6.45, 7) is 0. The van der Waals surface area contributed by atoms with E-state index in [1.54, 1.807) is 0 Å². The highest BCUT2D eigenvalue weighted by atomic mass is 19.3. The first-order valence-electron chi connectivity index (χ1n) is 3.20. The third-order valence-electron chi connectivity index (χ3n) is 1.99. The van der Waals surface area contributed by atoms with Gasteiger partial charge in [-0.1, -0.05) is 0 Å². The molecule has 1 saturated carbocycles. The van der Waals surface area contributed by atoms with Crippen LogP contribution in [0.1, 0.15) is 12.8 Å². The van der Waals surface area contributed by atoms with E-state index in [1.165, 1.54) is 0 Å². The Morgan fingerprint density at radius 1 is 1.33 bits per heavy atom. The molecule has 2 nitrogen and oxygen atoms in total. The first-order valence-corrected chi connectivity index (χ1v) is 3.20. The van der Waals surface area contributed by atoms with Crippen LogP contribution in [-0.4, -0.2) is 23.4 Å². The molecular formula is C6H6F4O2. The third kappa shape index (κ3) is 1.15. The zero-order chi connectivity index (χ0) is 9.57. The Morgan fingerprint density at radius 3 is 1.83 bits per heavy atom. The number of carbonyl (C=O) groups is 1. The summed E-state index contributed by atoms with van der Waals surface area (Å²) < 4.78 is 48.3. The van der Waals surface area contributed by atoms with Crippen LogP contribution in [0.4, 0.5) is 17.6 Å². The van der Waals surface area contributed by atoms with Gasteiger partial charge in [-0.2, -0.15) is 0 Å². The molecule has 0 unspecified atom stereocenters. The Balaban J connectivity index is 2.76. The van der Waals surface area contributed by atoms with Crippen molar-refractivity contribution >= 4 is 5.97 Å². The molecule has 0 spiro atoms. The third-order valence-corrected chi connectivity index (χ3v) is 1.99. The second-order valence-electron chi connectivity index (χ2n) is 2.97. The van der Waals surface area contributed by atoms with E-state index in [4.69, 9.17) is 5.11 Å². The molecule has 0 aromatic rings. The van der Waals surface area contributed by atoms with E-state index in [9.17, 15) is 22.4 Å². The second kappa shape index (κ2) is 2.34. The fourth-order valence-corrected chi connectivity index (χ4v) is 1.27. The summed E-state index contributed by atoms with van der Waals surface area (Å²) in [5, 5.41) is 8.27. The molecular weight excluding hydrogens is 180 g/mol. The Labute approximate surface area is 65.2 Å². The van der Waals surface area contributed by atoms with Crippen LogP contribution in [0.5, 0.6) is 0 Å². The molecule has 6 heteroatoms. The number of carboxylic acids is 1. The van der Waals surface area contributed by atoms with Gasteiger partial charge in [0.25, 0.3) is 12.3 Å². The monoisotopic (exact) mass is 186 g/mol. The number of hydrogen-bond acceptors (Lipinski definition) is 1. The maximum atomic E-state index is 12.2. The molecule has 0 aromatic heterocycles. The first-order chi connectivity index (χ1) is 5.30. The maximum Gasteiger partial charge on any atom is 0.315 e. The van der Waals surface area contributed by atoms with Crippen LogP contribution in [0.2, 0.25) is 0 Å². The highest BCUT2D eigenvalue weighted by Gasteiger charge is 2.66. The Kier molecular flexibility index (Phi) is 1.81. The van der Waals surface area contributed by atoms with Crippen LogP contribution in [-0.2, 0) is 4.79 Å². The van der Waals surface area contributed by atoms with Crippen LogP contribution in [0.3, 0.4) is 0 Å². The molecule has 0 aliphatic heterocycles. The summed E-state index contributed by atoms with van der Waals surface area (Å²) in [6.07, 6.45) is -5.74. The number of hydrogen-bond donors (Lipinski definition) is 1. The number of rotatable bonds is 2. The lowest BCUT2D eigenvalue weighted by atomic mass is 9.66. The zero-order valence-electron chi connectivity index (χ0n) is 5.86. The Morgan fingerprint density at radius 2 is 1.75 bits per heavy atom. The highest BCUT2D eigenvalue weighted by molar-refractivity contribution is 5.77. The van der Waals surface area contributed by atoms with Crippen molar-refractivity contribution in [2.75, 3.05) is 0 Å². The van der Waals surface area contributed by atoms with Gasteiger partial charge in [-0.05, 0) is 0 Å².